The number of carboxylic acids is 1. The zero-order valence-corrected chi connectivity index (χ0v) is 16.1. The van der Waals surface area contributed by atoms with Gasteiger partial charge in [0.2, 0.25) is 0 Å². The van der Waals surface area contributed by atoms with Gasteiger partial charge in [-0.1, -0.05) is 0 Å². The summed E-state index contributed by atoms with van der Waals surface area (Å²) in [6.45, 7) is 4.13. The highest BCUT2D eigenvalue weighted by molar-refractivity contribution is 8.14. The SMILES string of the molecule is COCCOCCOCCOc1cnc(C2=N[C@@](C)(C(=O)[O-])CS2)c(O)c1. The van der Waals surface area contributed by atoms with E-state index in [1.807, 2.05) is 0 Å². The van der Waals surface area contributed by atoms with E-state index in [-0.39, 0.29) is 23.8 Å². The third kappa shape index (κ3) is 6.35. The number of pyridine rings is 1. The smallest absolute Gasteiger partial charge is 0.147 e. The van der Waals surface area contributed by atoms with Gasteiger partial charge in [-0.25, -0.2) is 4.98 Å². The number of rotatable bonds is 12. The molecule has 1 N–H and O–H groups in total. The van der Waals surface area contributed by atoms with Gasteiger partial charge in [-0.05, 0) is 6.92 Å². The summed E-state index contributed by atoms with van der Waals surface area (Å²) in [4.78, 5) is 19.4. The van der Waals surface area contributed by atoms with E-state index < -0.39 is 11.5 Å². The van der Waals surface area contributed by atoms with Crippen molar-refractivity contribution >= 4 is 22.8 Å². The third-order valence-electron chi connectivity index (χ3n) is 3.62. The number of hydrogen-bond donors (Lipinski definition) is 1. The normalized spacial score (nSPS) is 19.1. The first-order chi connectivity index (χ1) is 13.0. The van der Waals surface area contributed by atoms with Crippen LogP contribution in [0.2, 0.25) is 0 Å². The van der Waals surface area contributed by atoms with Gasteiger partial charge in [0.1, 0.15) is 34.4 Å². The molecule has 0 saturated carbocycles. The Morgan fingerprint density at radius 3 is 2.52 bits per heavy atom. The molecule has 10 heteroatoms. The molecule has 1 aromatic rings. The van der Waals surface area contributed by atoms with Crippen molar-refractivity contribution in [3.05, 3.63) is 18.0 Å². The number of carbonyl (C=O) groups is 1. The summed E-state index contributed by atoms with van der Waals surface area (Å²) in [6.07, 6.45) is 1.45. The molecule has 0 unspecified atom stereocenters. The van der Waals surface area contributed by atoms with Crippen molar-refractivity contribution < 1.29 is 34.0 Å². The second-order valence-corrected chi connectivity index (χ2v) is 6.84. The van der Waals surface area contributed by atoms with E-state index >= 15 is 0 Å². The van der Waals surface area contributed by atoms with Crippen LogP contribution in [-0.2, 0) is 19.0 Å². The van der Waals surface area contributed by atoms with E-state index in [4.69, 9.17) is 18.9 Å². The fraction of sp³-hybridized carbons (Fsp3) is 0.588. The molecular formula is C17H23N2O7S-. The summed E-state index contributed by atoms with van der Waals surface area (Å²) < 4.78 is 20.9. The van der Waals surface area contributed by atoms with Crippen molar-refractivity contribution in [2.24, 2.45) is 4.99 Å². The first-order valence-corrected chi connectivity index (χ1v) is 9.35. The molecule has 0 bridgehead atoms. The van der Waals surface area contributed by atoms with Crippen LogP contribution in [0.4, 0.5) is 0 Å². The molecule has 1 aliphatic heterocycles. The molecule has 1 aliphatic rings. The summed E-state index contributed by atoms with van der Waals surface area (Å²) in [5, 5.41) is 21.6. The maximum absolute atomic E-state index is 11.1. The number of aliphatic carboxylic acids is 1. The number of thioether (sulfide) groups is 1. The van der Waals surface area contributed by atoms with Crippen LogP contribution < -0.4 is 9.84 Å². The van der Waals surface area contributed by atoms with Gasteiger partial charge < -0.3 is 34.0 Å². The number of hydrogen-bond acceptors (Lipinski definition) is 10. The van der Waals surface area contributed by atoms with Crippen molar-refractivity contribution in [3.63, 3.8) is 0 Å². The monoisotopic (exact) mass is 399 g/mol. The van der Waals surface area contributed by atoms with Crippen molar-refractivity contribution in [3.8, 4) is 11.5 Å². The van der Waals surface area contributed by atoms with Crippen LogP contribution in [0.3, 0.4) is 0 Å². The van der Waals surface area contributed by atoms with Crippen molar-refractivity contribution in [2.75, 3.05) is 52.5 Å². The van der Waals surface area contributed by atoms with Crippen LogP contribution in [0.1, 0.15) is 12.6 Å². The quantitative estimate of drug-likeness (QED) is 0.478. The van der Waals surface area contributed by atoms with E-state index in [0.717, 1.165) is 0 Å². The summed E-state index contributed by atoms with van der Waals surface area (Å²) >= 11 is 1.21. The second-order valence-electron chi connectivity index (χ2n) is 5.87. The minimum absolute atomic E-state index is 0.131. The Morgan fingerprint density at radius 1 is 1.26 bits per heavy atom. The van der Waals surface area contributed by atoms with Gasteiger partial charge >= 0.3 is 0 Å². The second kappa shape index (κ2) is 10.5. The van der Waals surface area contributed by atoms with Crippen LogP contribution in [0.5, 0.6) is 11.5 Å². The Kier molecular flexibility index (Phi) is 8.29. The number of carboxylic acid groups (broad SMARTS) is 1. The van der Waals surface area contributed by atoms with Crippen LogP contribution in [0.15, 0.2) is 17.3 Å². The summed E-state index contributed by atoms with van der Waals surface area (Å²) in [7, 11) is 1.61. The molecular weight excluding hydrogens is 376 g/mol. The Balaban J connectivity index is 1.76. The highest BCUT2D eigenvalue weighted by atomic mass is 32.2. The van der Waals surface area contributed by atoms with Crippen LogP contribution >= 0.6 is 11.8 Å². The molecule has 1 aromatic heterocycles. The zero-order valence-electron chi connectivity index (χ0n) is 15.3. The lowest BCUT2D eigenvalue weighted by atomic mass is 10.1. The number of methoxy groups -OCH3 is 1. The standard InChI is InChI=1S/C17H24N2O7S/c1-17(16(21)22)11-27-15(19-17)14-13(20)9-12(10-18-14)26-8-7-25-6-5-24-4-3-23-2/h9-10,20H,3-8,11H2,1-2H3,(H,21,22)/p-1/t17-/m1/s1. The summed E-state index contributed by atoms with van der Waals surface area (Å²) in [6, 6.07) is 1.41. The van der Waals surface area contributed by atoms with Crippen LogP contribution in [0, 0.1) is 0 Å². The molecule has 0 fully saturated rings. The van der Waals surface area contributed by atoms with Crippen LogP contribution in [0.25, 0.3) is 0 Å². The van der Waals surface area contributed by atoms with Crippen molar-refractivity contribution in [2.45, 2.75) is 12.5 Å². The number of aliphatic imine (C=N–C) groups is 1. The molecule has 0 aromatic carbocycles. The minimum Gasteiger partial charge on any atom is -0.547 e. The molecule has 1 atom stereocenters. The van der Waals surface area contributed by atoms with Crippen molar-refractivity contribution in [1.29, 1.82) is 0 Å². The molecule has 0 amide bonds. The molecule has 0 saturated heterocycles. The fourth-order valence-electron chi connectivity index (χ4n) is 2.08. The molecule has 2 rings (SSSR count). The topological polar surface area (TPSA) is 123 Å². The van der Waals surface area contributed by atoms with Crippen molar-refractivity contribution in [1.82, 2.24) is 4.98 Å². The van der Waals surface area contributed by atoms with Gasteiger partial charge in [-0.15, -0.1) is 11.8 Å². The van der Waals surface area contributed by atoms with Gasteiger partial charge in [0.05, 0.1) is 45.2 Å². The average molecular weight is 399 g/mol. The maximum atomic E-state index is 11.1. The number of ether oxygens (including phenoxy) is 4. The van der Waals surface area contributed by atoms with Gasteiger partial charge in [-0.3, -0.25) is 4.99 Å². The molecule has 150 valence electrons. The third-order valence-corrected chi connectivity index (χ3v) is 4.89. The maximum Gasteiger partial charge on any atom is 0.147 e. The number of nitrogens with zero attached hydrogens (tertiary/aromatic N) is 2. The highest BCUT2D eigenvalue weighted by Gasteiger charge is 2.34. The van der Waals surface area contributed by atoms with E-state index in [0.29, 0.717) is 43.8 Å². The van der Waals surface area contributed by atoms with E-state index in [1.54, 1.807) is 7.11 Å². The van der Waals surface area contributed by atoms with Gasteiger partial charge in [0, 0.05) is 18.9 Å². The van der Waals surface area contributed by atoms with E-state index in [9.17, 15) is 15.0 Å². The zero-order chi connectivity index (χ0) is 19.7. The van der Waals surface area contributed by atoms with E-state index in [1.165, 1.54) is 30.9 Å². The molecule has 27 heavy (non-hydrogen) atoms. The lowest BCUT2D eigenvalue weighted by Gasteiger charge is -2.19. The number of aromatic nitrogens is 1. The Morgan fingerprint density at radius 2 is 1.93 bits per heavy atom. The lowest BCUT2D eigenvalue weighted by Crippen LogP contribution is -2.45. The first kappa shape index (κ1) is 21.4. The first-order valence-electron chi connectivity index (χ1n) is 8.37. The lowest BCUT2D eigenvalue weighted by molar-refractivity contribution is -0.311. The summed E-state index contributed by atoms with van der Waals surface area (Å²) in [5.41, 5.74) is -1.09. The number of aromatic hydroxyl groups is 1. The predicted molar refractivity (Wildman–Crippen MR) is 97.3 cm³/mol. The van der Waals surface area contributed by atoms with E-state index in [2.05, 4.69) is 9.98 Å². The summed E-state index contributed by atoms with van der Waals surface area (Å²) in [5.74, 6) is -0.777. The van der Waals surface area contributed by atoms with Gasteiger partial charge in [-0.2, -0.15) is 0 Å². The number of carbonyl (C=O) groups excluding carboxylic acids is 1. The van der Waals surface area contributed by atoms with Gasteiger partial charge in [0.15, 0.2) is 0 Å². The molecule has 2 heterocycles. The largest absolute Gasteiger partial charge is 0.547 e. The highest BCUT2D eigenvalue weighted by Crippen LogP contribution is 2.33. The average Bonchev–Trinajstić information content (AvgIpc) is 3.04. The Hall–Kier alpha value is -1.88. The Bertz CT molecular complexity index is 671. The molecule has 9 nitrogen and oxygen atoms in total. The molecule has 0 spiro atoms. The minimum atomic E-state index is -1.31. The predicted octanol–water partition coefficient (Wildman–Crippen LogP) is -0.152. The van der Waals surface area contributed by atoms with Crippen LogP contribution in [-0.4, -0.2) is 79.1 Å². The fourth-order valence-corrected chi connectivity index (χ4v) is 3.24. The Labute approximate surface area is 161 Å². The van der Waals surface area contributed by atoms with Gasteiger partial charge in [0.25, 0.3) is 0 Å². The molecule has 0 radical (unpaired) electrons. The molecule has 0 aliphatic carbocycles.